The second kappa shape index (κ2) is 7.68. The molecule has 0 heterocycles. The van der Waals surface area contributed by atoms with E-state index in [0.29, 0.717) is 6.61 Å². The molecule has 1 aromatic carbocycles. The van der Waals surface area contributed by atoms with Gasteiger partial charge in [0.1, 0.15) is 0 Å². The van der Waals surface area contributed by atoms with Crippen molar-refractivity contribution in [3.8, 4) is 0 Å². The van der Waals surface area contributed by atoms with Gasteiger partial charge in [0.15, 0.2) is 5.12 Å². The maximum atomic E-state index is 11.6. The van der Waals surface area contributed by atoms with Crippen LogP contribution in [0.1, 0.15) is 32.8 Å². The molecule has 0 amide bonds. The number of carbonyl (C=O) groups is 1. The predicted octanol–water partition coefficient (Wildman–Crippen LogP) is 3.01. The van der Waals surface area contributed by atoms with Gasteiger partial charge in [-0.2, -0.15) is 0 Å². The Labute approximate surface area is 119 Å². The van der Waals surface area contributed by atoms with Crippen molar-refractivity contribution in [3.05, 3.63) is 35.9 Å². The lowest BCUT2D eigenvalue weighted by molar-refractivity contribution is -0.113. The van der Waals surface area contributed by atoms with Crippen molar-refractivity contribution in [2.75, 3.05) is 6.61 Å². The quantitative estimate of drug-likeness (QED) is 0.871. The summed E-state index contributed by atoms with van der Waals surface area (Å²) in [6.07, 6.45) is -0.595. The monoisotopic (exact) mass is 282 g/mol. The van der Waals surface area contributed by atoms with Crippen LogP contribution in [0.2, 0.25) is 0 Å². The highest BCUT2D eigenvalue weighted by Gasteiger charge is 2.19. The fourth-order valence-electron chi connectivity index (χ4n) is 1.52. The van der Waals surface area contributed by atoms with Crippen molar-refractivity contribution < 1.29 is 14.6 Å². The number of carbonyl (C=O) groups excluding carboxylic acids is 1. The van der Waals surface area contributed by atoms with Crippen LogP contribution in [0.5, 0.6) is 0 Å². The zero-order valence-electron chi connectivity index (χ0n) is 11.8. The summed E-state index contributed by atoms with van der Waals surface area (Å²) in [4.78, 5) is 11.6. The third kappa shape index (κ3) is 8.03. The molecule has 1 rings (SSSR count). The predicted molar refractivity (Wildman–Crippen MR) is 79.1 cm³/mol. The number of aliphatic hydroxyl groups excluding tert-OH is 1. The third-order valence-electron chi connectivity index (χ3n) is 2.24. The van der Waals surface area contributed by atoms with Gasteiger partial charge in [-0.15, -0.1) is 0 Å². The Hall–Kier alpha value is -0.840. The van der Waals surface area contributed by atoms with E-state index in [-0.39, 0.29) is 22.9 Å². The first-order valence-electron chi connectivity index (χ1n) is 6.38. The zero-order valence-corrected chi connectivity index (χ0v) is 12.6. The topological polar surface area (TPSA) is 46.5 Å². The Bertz CT molecular complexity index is 384. The van der Waals surface area contributed by atoms with Gasteiger partial charge in [-0.25, -0.2) is 0 Å². The number of benzene rings is 1. The number of rotatable bonds is 6. The third-order valence-corrected chi connectivity index (χ3v) is 3.25. The minimum absolute atomic E-state index is 0.00307. The van der Waals surface area contributed by atoms with E-state index in [0.717, 1.165) is 5.56 Å². The van der Waals surface area contributed by atoms with Crippen LogP contribution >= 0.6 is 11.8 Å². The van der Waals surface area contributed by atoms with E-state index in [1.807, 2.05) is 51.1 Å². The lowest BCUT2D eigenvalue weighted by Crippen LogP contribution is -2.21. The van der Waals surface area contributed by atoms with E-state index in [1.165, 1.54) is 11.8 Å². The Kier molecular flexibility index (Phi) is 6.55. The van der Waals surface area contributed by atoms with E-state index in [1.54, 1.807) is 0 Å². The first kappa shape index (κ1) is 16.2. The molecule has 0 saturated carbocycles. The number of thioether (sulfide) groups is 1. The summed E-state index contributed by atoms with van der Waals surface area (Å²) in [7, 11) is 0. The minimum Gasteiger partial charge on any atom is -0.390 e. The summed E-state index contributed by atoms with van der Waals surface area (Å²) in [5.74, 6) is 0. The van der Waals surface area contributed by atoms with Gasteiger partial charge in [0.2, 0.25) is 0 Å². The standard InChI is InChI=1S/C15H22O3S/c1-15(2,3)19-14(17)9-13(16)11-18-10-12-7-5-4-6-8-12/h4-8,13,16H,9-11H2,1-3H3. The van der Waals surface area contributed by atoms with Crippen LogP contribution in [0.3, 0.4) is 0 Å². The summed E-state index contributed by atoms with van der Waals surface area (Å²) in [5, 5.41) is 9.74. The number of hydrogen-bond donors (Lipinski definition) is 1. The van der Waals surface area contributed by atoms with Crippen molar-refractivity contribution in [3.63, 3.8) is 0 Å². The van der Waals surface area contributed by atoms with Crippen molar-refractivity contribution >= 4 is 16.9 Å². The first-order valence-corrected chi connectivity index (χ1v) is 7.20. The number of ether oxygens (including phenoxy) is 1. The lowest BCUT2D eigenvalue weighted by Gasteiger charge is -2.17. The van der Waals surface area contributed by atoms with Crippen LogP contribution in [0, 0.1) is 0 Å². The zero-order chi connectivity index (χ0) is 14.3. The van der Waals surface area contributed by atoms with Crippen LogP contribution in [0.15, 0.2) is 30.3 Å². The van der Waals surface area contributed by atoms with Crippen LogP contribution < -0.4 is 0 Å². The Morgan fingerprint density at radius 2 is 1.95 bits per heavy atom. The molecule has 1 unspecified atom stereocenters. The van der Waals surface area contributed by atoms with E-state index in [4.69, 9.17) is 4.74 Å². The fraction of sp³-hybridized carbons (Fsp3) is 0.533. The van der Waals surface area contributed by atoms with Crippen molar-refractivity contribution in [1.82, 2.24) is 0 Å². The van der Waals surface area contributed by atoms with Crippen LogP contribution in [-0.4, -0.2) is 27.7 Å². The van der Waals surface area contributed by atoms with Crippen molar-refractivity contribution in [2.45, 2.75) is 44.6 Å². The van der Waals surface area contributed by atoms with Gasteiger partial charge in [-0.3, -0.25) is 4.79 Å². The molecule has 1 aromatic rings. The fourth-order valence-corrected chi connectivity index (χ4v) is 2.48. The molecule has 0 spiro atoms. The van der Waals surface area contributed by atoms with Gasteiger partial charge in [0.05, 0.1) is 19.3 Å². The van der Waals surface area contributed by atoms with Crippen LogP contribution in [0.25, 0.3) is 0 Å². The molecule has 0 aliphatic carbocycles. The molecule has 4 heteroatoms. The molecule has 3 nitrogen and oxygen atoms in total. The second-order valence-electron chi connectivity index (χ2n) is 5.45. The highest BCUT2D eigenvalue weighted by Crippen LogP contribution is 2.25. The summed E-state index contributed by atoms with van der Waals surface area (Å²) in [6, 6.07) is 9.76. The van der Waals surface area contributed by atoms with Crippen LogP contribution in [0.4, 0.5) is 0 Å². The molecule has 1 N–H and O–H groups in total. The summed E-state index contributed by atoms with van der Waals surface area (Å²) in [5.41, 5.74) is 1.06. The van der Waals surface area contributed by atoms with Gasteiger partial charge in [0.25, 0.3) is 0 Å². The molecule has 0 aliphatic rings. The molecular formula is C15H22O3S. The molecular weight excluding hydrogens is 260 g/mol. The van der Waals surface area contributed by atoms with Gasteiger partial charge < -0.3 is 9.84 Å². The van der Waals surface area contributed by atoms with Gasteiger partial charge in [-0.1, -0.05) is 62.9 Å². The van der Waals surface area contributed by atoms with Gasteiger partial charge >= 0.3 is 0 Å². The van der Waals surface area contributed by atoms with E-state index < -0.39 is 6.10 Å². The number of hydrogen-bond acceptors (Lipinski definition) is 4. The maximum absolute atomic E-state index is 11.6. The minimum atomic E-state index is -0.730. The second-order valence-corrected chi connectivity index (χ2v) is 7.33. The Morgan fingerprint density at radius 3 is 2.53 bits per heavy atom. The van der Waals surface area contributed by atoms with Gasteiger partial charge in [0, 0.05) is 11.2 Å². The molecule has 0 bridgehead atoms. The molecule has 0 aromatic heterocycles. The SMILES string of the molecule is CC(C)(C)SC(=O)CC(O)COCc1ccccc1. The summed E-state index contributed by atoms with van der Waals surface area (Å²) < 4.78 is 5.29. The average molecular weight is 282 g/mol. The molecule has 0 radical (unpaired) electrons. The normalized spacial score (nSPS) is 13.3. The highest BCUT2D eigenvalue weighted by molar-refractivity contribution is 8.14. The average Bonchev–Trinajstić information content (AvgIpc) is 2.27. The van der Waals surface area contributed by atoms with Crippen LogP contribution in [-0.2, 0) is 16.1 Å². The maximum Gasteiger partial charge on any atom is 0.192 e. The van der Waals surface area contributed by atoms with E-state index >= 15 is 0 Å². The Balaban J connectivity index is 2.21. The smallest absolute Gasteiger partial charge is 0.192 e. The van der Waals surface area contributed by atoms with Gasteiger partial charge in [-0.05, 0) is 5.56 Å². The summed E-state index contributed by atoms with van der Waals surface area (Å²) >= 11 is 1.26. The molecule has 0 aliphatic heterocycles. The first-order chi connectivity index (χ1) is 8.87. The molecule has 1 atom stereocenters. The largest absolute Gasteiger partial charge is 0.390 e. The Morgan fingerprint density at radius 1 is 1.32 bits per heavy atom. The molecule has 106 valence electrons. The summed E-state index contributed by atoms with van der Waals surface area (Å²) in [6.45, 7) is 6.58. The highest BCUT2D eigenvalue weighted by atomic mass is 32.2. The van der Waals surface area contributed by atoms with E-state index in [9.17, 15) is 9.90 Å². The molecule has 0 fully saturated rings. The molecule has 19 heavy (non-hydrogen) atoms. The van der Waals surface area contributed by atoms with Crippen molar-refractivity contribution in [1.29, 1.82) is 0 Å². The number of aliphatic hydroxyl groups is 1. The van der Waals surface area contributed by atoms with E-state index in [2.05, 4.69) is 0 Å². The molecule has 0 saturated heterocycles. The lowest BCUT2D eigenvalue weighted by atomic mass is 10.2. The van der Waals surface area contributed by atoms with Crippen molar-refractivity contribution in [2.24, 2.45) is 0 Å².